The molecule has 2 rings (SSSR count). The van der Waals surface area contributed by atoms with Crippen LogP contribution in [0.5, 0.6) is 0 Å². The van der Waals surface area contributed by atoms with E-state index in [0.717, 1.165) is 5.69 Å². The van der Waals surface area contributed by atoms with Gasteiger partial charge in [-0.1, -0.05) is 43.9 Å². The van der Waals surface area contributed by atoms with E-state index in [4.69, 9.17) is 0 Å². The van der Waals surface area contributed by atoms with Crippen molar-refractivity contribution in [2.75, 3.05) is 0 Å². The highest BCUT2D eigenvalue weighted by Crippen LogP contribution is 2.30. The van der Waals surface area contributed by atoms with Crippen LogP contribution in [0.4, 0.5) is 5.69 Å². The van der Waals surface area contributed by atoms with E-state index >= 15 is 0 Å². The Balaban J connectivity index is 2.10. The van der Waals surface area contributed by atoms with E-state index in [1.54, 1.807) is 0 Å². The molecule has 104 valence electrons. The van der Waals surface area contributed by atoms with E-state index in [1.165, 1.54) is 16.0 Å². The Hall–Kier alpha value is -1.32. The van der Waals surface area contributed by atoms with E-state index < -0.39 is 7.22 Å². The second-order valence-electron chi connectivity index (χ2n) is 5.82. The van der Waals surface area contributed by atoms with Crippen LogP contribution in [0.3, 0.4) is 0 Å². The molecule has 0 spiro atoms. The third kappa shape index (κ3) is 4.65. The second-order valence-corrected chi connectivity index (χ2v) is 15.0. The fraction of sp³-hybridized carbons (Fsp3) is 0.235. The first-order valence-electron chi connectivity index (χ1n) is 6.83. The lowest BCUT2D eigenvalue weighted by molar-refractivity contribution is 1.41. The Morgan fingerprint density at radius 2 is 1.60 bits per heavy atom. The normalized spacial score (nSPS) is 12.0. The van der Waals surface area contributed by atoms with Crippen molar-refractivity contribution in [2.24, 2.45) is 4.99 Å². The summed E-state index contributed by atoms with van der Waals surface area (Å²) in [6.45, 7) is 9.20. The van der Waals surface area contributed by atoms with Gasteiger partial charge in [-0.3, -0.25) is 4.99 Å². The number of benzene rings is 2. The highest BCUT2D eigenvalue weighted by atomic mass is 32.4. The van der Waals surface area contributed by atoms with Crippen LogP contribution < -0.4 is 0 Å². The molecule has 20 heavy (non-hydrogen) atoms. The molecule has 2 aromatic carbocycles. The molecule has 0 amide bonds. The van der Waals surface area contributed by atoms with Gasteiger partial charge in [0.25, 0.3) is 0 Å². The largest absolute Gasteiger partial charge is 0.256 e. The Morgan fingerprint density at radius 3 is 2.20 bits per heavy atom. The number of rotatable bonds is 4. The van der Waals surface area contributed by atoms with Crippen molar-refractivity contribution < 1.29 is 0 Å². The lowest BCUT2D eigenvalue weighted by Gasteiger charge is -2.14. The molecule has 0 unspecified atom stereocenters. The van der Waals surface area contributed by atoms with Gasteiger partial charge in [0.2, 0.25) is 0 Å². The van der Waals surface area contributed by atoms with E-state index in [-0.39, 0.29) is 0 Å². The molecule has 0 aromatic heterocycles. The first-order chi connectivity index (χ1) is 9.44. The van der Waals surface area contributed by atoms with E-state index in [0.29, 0.717) is 0 Å². The number of hydrogen-bond acceptors (Lipinski definition) is 2. The van der Waals surface area contributed by atoms with Crippen LogP contribution in [0.25, 0.3) is 0 Å². The Labute approximate surface area is 126 Å². The third-order valence-electron chi connectivity index (χ3n) is 2.80. The van der Waals surface area contributed by atoms with Crippen LogP contribution in [0.2, 0.25) is 19.6 Å². The summed E-state index contributed by atoms with van der Waals surface area (Å²) in [6, 6.07) is 16.8. The van der Waals surface area contributed by atoms with E-state index in [9.17, 15) is 0 Å². The zero-order chi connectivity index (χ0) is 14.6. The molecule has 0 heterocycles. The molecule has 0 aliphatic heterocycles. The quantitative estimate of drug-likeness (QED) is 0.523. The third-order valence-corrected chi connectivity index (χ3v) is 6.47. The van der Waals surface area contributed by atoms with Gasteiger partial charge in [-0.25, -0.2) is 0 Å². The summed E-state index contributed by atoms with van der Waals surface area (Å²) in [7, 11) is -1.12. The van der Waals surface area contributed by atoms with Gasteiger partial charge in [-0.2, -0.15) is 11.2 Å². The summed E-state index contributed by atoms with van der Waals surface area (Å²) in [5.41, 5.74) is 3.43. The number of hydrogen-bond donors (Lipinski definition) is 0. The summed E-state index contributed by atoms with van der Waals surface area (Å²) in [4.78, 5) is 5.90. The fourth-order valence-corrected chi connectivity index (χ4v) is 5.34. The molecule has 1 nitrogen and oxygen atoms in total. The van der Waals surface area contributed by atoms with Crippen LogP contribution in [0, 0.1) is 6.92 Å². The highest BCUT2D eigenvalue weighted by Gasteiger charge is 2.14. The van der Waals surface area contributed by atoms with Gasteiger partial charge in [-0.05, 0) is 42.3 Å². The smallest absolute Gasteiger partial charge is 0.114 e. The molecule has 0 bridgehead atoms. The molecule has 0 aliphatic rings. The van der Waals surface area contributed by atoms with E-state index in [2.05, 4.69) is 74.0 Å². The van der Waals surface area contributed by atoms with Crippen molar-refractivity contribution in [3.63, 3.8) is 0 Å². The summed E-state index contributed by atoms with van der Waals surface area (Å²) in [5.74, 6) is 0. The van der Waals surface area contributed by atoms with Crippen molar-refractivity contribution in [3.05, 3.63) is 59.7 Å². The van der Waals surface area contributed by atoms with Crippen molar-refractivity contribution in [1.82, 2.24) is 0 Å². The highest BCUT2D eigenvalue weighted by molar-refractivity contribution is 8.28. The van der Waals surface area contributed by atoms with Crippen molar-refractivity contribution in [1.29, 1.82) is 0 Å². The van der Waals surface area contributed by atoms with Crippen molar-refractivity contribution >= 4 is 30.3 Å². The fourth-order valence-electron chi connectivity index (χ4n) is 1.83. The molecule has 0 saturated carbocycles. The summed E-state index contributed by atoms with van der Waals surface area (Å²) in [5, 5.41) is 0. The molecule has 0 radical (unpaired) electrons. The predicted octanol–water partition coefficient (Wildman–Crippen LogP) is 5.67. The van der Waals surface area contributed by atoms with Crippen molar-refractivity contribution in [3.8, 4) is 0 Å². The first-order valence-corrected chi connectivity index (χ1v) is 11.9. The summed E-state index contributed by atoms with van der Waals surface area (Å²) >= 11 is 2.01. The van der Waals surface area contributed by atoms with Gasteiger partial charge >= 0.3 is 0 Å². The number of aryl methyl sites for hydroxylation is 1. The number of aliphatic imine (C=N–C) groups is 1. The molecule has 0 N–H and O–H groups in total. The SMILES string of the molecule is Cc1ccccc1C=Nc1ccc(S[Si](C)(C)C)cc1. The van der Waals surface area contributed by atoms with Crippen LogP contribution in [0.15, 0.2) is 58.4 Å². The van der Waals surface area contributed by atoms with Gasteiger partial charge in [0.05, 0.1) is 5.69 Å². The minimum Gasteiger partial charge on any atom is -0.256 e. The van der Waals surface area contributed by atoms with Crippen LogP contribution in [0.1, 0.15) is 11.1 Å². The molecular formula is C17H21NSSi. The van der Waals surface area contributed by atoms with Crippen molar-refractivity contribution in [2.45, 2.75) is 31.5 Å². The maximum atomic E-state index is 4.55. The molecule has 0 saturated heterocycles. The van der Waals surface area contributed by atoms with Gasteiger partial charge in [0, 0.05) is 11.1 Å². The Kier molecular flexibility index (Phi) is 4.84. The lowest BCUT2D eigenvalue weighted by Crippen LogP contribution is -2.13. The standard InChI is InChI=1S/C17H21NSSi/c1-14-7-5-6-8-15(14)13-18-16-9-11-17(12-10-16)19-20(2,3)4/h5-13H,1-4H3. The van der Waals surface area contributed by atoms with Gasteiger partial charge in [0.1, 0.15) is 7.22 Å². The zero-order valence-corrected chi connectivity index (χ0v) is 14.4. The average molecular weight is 300 g/mol. The van der Waals surface area contributed by atoms with Gasteiger partial charge in [-0.15, -0.1) is 0 Å². The molecule has 0 aliphatic carbocycles. The monoisotopic (exact) mass is 299 g/mol. The predicted molar refractivity (Wildman–Crippen MR) is 94.1 cm³/mol. The maximum Gasteiger partial charge on any atom is 0.114 e. The average Bonchev–Trinajstić information content (AvgIpc) is 2.38. The van der Waals surface area contributed by atoms with Gasteiger partial charge < -0.3 is 0 Å². The Morgan fingerprint density at radius 1 is 0.950 bits per heavy atom. The van der Waals surface area contributed by atoms with Crippen LogP contribution >= 0.6 is 11.2 Å². The topological polar surface area (TPSA) is 12.4 Å². The summed E-state index contributed by atoms with van der Waals surface area (Å²) in [6.07, 6.45) is 1.94. The summed E-state index contributed by atoms with van der Waals surface area (Å²) < 4.78 is 0. The molecule has 2 aromatic rings. The molecule has 0 atom stereocenters. The molecule has 0 fully saturated rings. The van der Waals surface area contributed by atoms with Crippen LogP contribution in [-0.4, -0.2) is 13.4 Å². The van der Waals surface area contributed by atoms with Gasteiger partial charge in [0.15, 0.2) is 0 Å². The molecular weight excluding hydrogens is 278 g/mol. The Bertz CT molecular complexity index is 597. The van der Waals surface area contributed by atoms with Crippen LogP contribution in [-0.2, 0) is 0 Å². The minimum absolute atomic E-state index is 1.01. The number of nitrogens with zero attached hydrogens (tertiary/aromatic N) is 1. The second kappa shape index (κ2) is 6.42. The molecule has 3 heteroatoms. The minimum atomic E-state index is -1.12. The first kappa shape index (κ1) is 15.1. The zero-order valence-electron chi connectivity index (χ0n) is 12.6. The maximum absolute atomic E-state index is 4.55. The van der Waals surface area contributed by atoms with E-state index in [1.807, 2.05) is 23.5 Å². The lowest BCUT2D eigenvalue weighted by atomic mass is 10.1.